The minimum atomic E-state index is -0.494. The summed E-state index contributed by atoms with van der Waals surface area (Å²) in [6, 6.07) is 10.4. The second-order valence-electron chi connectivity index (χ2n) is 3.34. The predicted molar refractivity (Wildman–Crippen MR) is 58.8 cm³/mol. The quantitative estimate of drug-likeness (QED) is 0.570. The highest BCUT2D eigenvalue weighted by molar-refractivity contribution is 5.15. The standard InChI is InChI=1S/C13H16O/c1-12(14)8-4-2-5-9-13-10-6-3-7-11-13/h3,6-7,10-12,14H,2,5,9H2,1H3. The second kappa shape index (κ2) is 6.23. The molecule has 0 spiro atoms. The summed E-state index contributed by atoms with van der Waals surface area (Å²) in [4.78, 5) is 0. The van der Waals surface area contributed by atoms with Crippen LogP contribution in [-0.2, 0) is 6.42 Å². The van der Waals surface area contributed by atoms with Gasteiger partial charge in [-0.2, -0.15) is 0 Å². The van der Waals surface area contributed by atoms with E-state index in [9.17, 15) is 0 Å². The van der Waals surface area contributed by atoms with Crippen LogP contribution in [0.2, 0.25) is 0 Å². The zero-order valence-corrected chi connectivity index (χ0v) is 8.53. The van der Waals surface area contributed by atoms with E-state index in [2.05, 4.69) is 36.1 Å². The van der Waals surface area contributed by atoms with Crippen molar-refractivity contribution in [2.45, 2.75) is 32.3 Å². The molecule has 0 aliphatic rings. The summed E-state index contributed by atoms with van der Waals surface area (Å²) >= 11 is 0. The van der Waals surface area contributed by atoms with Gasteiger partial charge < -0.3 is 5.11 Å². The van der Waals surface area contributed by atoms with Crippen LogP contribution in [0.4, 0.5) is 0 Å². The molecule has 0 saturated carbocycles. The van der Waals surface area contributed by atoms with Gasteiger partial charge in [0.15, 0.2) is 0 Å². The minimum Gasteiger partial charge on any atom is -0.381 e. The van der Waals surface area contributed by atoms with E-state index < -0.39 is 6.10 Å². The number of benzene rings is 1. The zero-order valence-electron chi connectivity index (χ0n) is 8.53. The molecule has 1 rings (SSSR count). The molecule has 1 heteroatoms. The van der Waals surface area contributed by atoms with Crippen molar-refractivity contribution < 1.29 is 5.11 Å². The molecule has 0 radical (unpaired) electrons. The van der Waals surface area contributed by atoms with E-state index >= 15 is 0 Å². The highest BCUT2D eigenvalue weighted by Crippen LogP contribution is 2.03. The summed E-state index contributed by atoms with van der Waals surface area (Å²) < 4.78 is 0. The molecular formula is C13H16O. The van der Waals surface area contributed by atoms with E-state index in [4.69, 9.17) is 5.11 Å². The third-order valence-electron chi connectivity index (χ3n) is 1.92. The Morgan fingerprint density at radius 2 is 2.00 bits per heavy atom. The molecule has 1 aromatic carbocycles. The Labute approximate surface area is 85.8 Å². The van der Waals surface area contributed by atoms with Gasteiger partial charge in [-0.3, -0.25) is 0 Å². The fourth-order valence-corrected chi connectivity index (χ4v) is 1.25. The van der Waals surface area contributed by atoms with Crippen LogP contribution in [0.25, 0.3) is 0 Å². The molecule has 0 aliphatic heterocycles. The van der Waals surface area contributed by atoms with E-state index in [0.29, 0.717) is 0 Å². The van der Waals surface area contributed by atoms with E-state index in [0.717, 1.165) is 19.3 Å². The summed E-state index contributed by atoms with van der Waals surface area (Å²) in [5, 5.41) is 8.90. The van der Waals surface area contributed by atoms with Crippen LogP contribution in [-0.4, -0.2) is 11.2 Å². The summed E-state index contributed by atoms with van der Waals surface area (Å²) in [5.74, 6) is 5.69. The molecule has 0 bridgehead atoms. The van der Waals surface area contributed by atoms with Crippen molar-refractivity contribution in [3.63, 3.8) is 0 Å². The first kappa shape index (κ1) is 10.8. The Morgan fingerprint density at radius 3 is 2.64 bits per heavy atom. The number of aliphatic hydroxyl groups is 1. The first-order chi connectivity index (χ1) is 6.79. The summed E-state index contributed by atoms with van der Waals surface area (Å²) in [6.07, 6.45) is 2.49. The highest BCUT2D eigenvalue weighted by atomic mass is 16.3. The third-order valence-corrected chi connectivity index (χ3v) is 1.92. The second-order valence-corrected chi connectivity index (χ2v) is 3.34. The number of unbranched alkanes of at least 4 members (excludes halogenated alkanes) is 1. The number of aryl methyl sites for hydroxylation is 1. The van der Waals surface area contributed by atoms with Gasteiger partial charge >= 0.3 is 0 Å². The summed E-state index contributed by atoms with van der Waals surface area (Å²) in [5.41, 5.74) is 1.35. The molecule has 1 nitrogen and oxygen atoms in total. The van der Waals surface area contributed by atoms with Gasteiger partial charge in [-0.1, -0.05) is 36.3 Å². The Hall–Kier alpha value is -1.26. The zero-order chi connectivity index (χ0) is 10.2. The average Bonchev–Trinajstić information content (AvgIpc) is 2.18. The van der Waals surface area contributed by atoms with E-state index in [1.807, 2.05) is 6.07 Å². The fourth-order valence-electron chi connectivity index (χ4n) is 1.25. The maximum atomic E-state index is 8.90. The van der Waals surface area contributed by atoms with Crippen molar-refractivity contribution in [3.05, 3.63) is 35.9 Å². The van der Waals surface area contributed by atoms with Crippen molar-refractivity contribution in [1.29, 1.82) is 0 Å². The third kappa shape index (κ3) is 4.69. The van der Waals surface area contributed by atoms with E-state index in [-0.39, 0.29) is 0 Å². The lowest BCUT2D eigenvalue weighted by Crippen LogP contribution is -1.92. The lowest BCUT2D eigenvalue weighted by molar-refractivity contribution is 0.253. The molecule has 0 aromatic heterocycles. The van der Waals surface area contributed by atoms with Crippen LogP contribution >= 0.6 is 0 Å². The molecule has 1 unspecified atom stereocenters. The van der Waals surface area contributed by atoms with Crippen LogP contribution in [0, 0.1) is 11.8 Å². The van der Waals surface area contributed by atoms with Crippen LogP contribution in [0.5, 0.6) is 0 Å². The van der Waals surface area contributed by atoms with E-state index in [1.54, 1.807) is 6.92 Å². The largest absolute Gasteiger partial charge is 0.381 e. The summed E-state index contributed by atoms with van der Waals surface area (Å²) in [6.45, 7) is 1.68. The first-order valence-corrected chi connectivity index (χ1v) is 4.99. The predicted octanol–water partition coefficient (Wildman–Crippen LogP) is 2.39. The van der Waals surface area contributed by atoms with E-state index in [1.165, 1.54) is 5.56 Å². The van der Waals surface area contributed by atoms with Crippen molar-refractivity contribution in [1.82, 2.24) is 0 Å². The Kier molecular flexibility index (Phi) is 4.82. The molecule has 0 aliphatic carbocycles. The Bertz CT molecular complexity index is 303. The van der Waals surface area contributed by atoms with Gasteiger partial charge in [0.2, 0.25) is 0 Å². The summed E-state index contributed by atoms with van der Waals surface area (Å²) in [7, 11) is 0. The molecule has 0 saturated heterocycles. The number of aliphatic hydroxyl groups excluding tert-OH is 1. The monoisotopic (exact) mass is 188 g/mol. The van der Waals surface area contributed by atoms with Crippen LogP contribution < -0.4 is 0 Å². The molecule has 74 valence electrons. The minimum absolute atomic E-state index is 0.494. The smallest absolute Gasteiger partial charge is 0.111 e. The van der Waals surface area contributed by atoms with Crippen molar-refractivity contribution in [3.8, 4) is 11.8 Å². The van der Waals surface area contributed by atoms with Crippen LogP contribution in [0.3, 0.4) is 0 Å². The van der Waals surface area contributed by atoms with Crippen LogP contribution in [0.1, 0.15) is 25.3 Å². The first-order valence-electron chi connectivity index (χ1n) is 4.99. The van der Waals surface area contributed by atoms with Gasteiger partial charge in [-0.25, -0.2) is 0 Å². The molecule has 0 heterocycles. The van der Waals surface area contributed by atoms with Crippen molar-refractivity contribution in [2.75, 3.05) is 0 Å². The van der Waals surface area contributed by atoms with Gasteiger partial charge in [0.25, 0.3) is 0 Å². The lowest BCUT2D eigenvalue weighted by Gasteiger charge is -1.97. The highest BCUT2D eigenvalue weighted by Gasteiger charge is 1.89. The molecule has 0 fully saturated rings. The van der Waals surface area contributed by atoms with Gasteiger partial charge in [-0.15, -0.1) is 5.92 Å². The van der Waals surface area contributed by atoms with Crippen molar-refractivity contribution in [2.24, 2.45) is 0 Å². The lowest BCUT2D eigenvalue weighted by atomic mass is 10.1. The molecule has 0 amide bonds. The van der Waals surface area contributed by atoms with Gasteiger partial charge in [-0.05, 0) is 25.3 Å². The van der Waals surface area contributed by atoms with Gasteiger partial charge in [0.1, 0.15) is 6.10 Å². The maximum Gasteiger partial charge on any atom is 0.111 e. The number of hydrogen-bond acceptors (Lipinski definition) is 1. The topological polar surface area (TPSA) is 20.2 Å². The fraction of sp³-hybridized carbons (Fsp3) is 0.385. The normalized spacial score (nSPS) is 11.6. The van der Waals surface area contributed by atoms with Gasteiger partial charge in [0.05, 0.1) is 0 Å². The maximum absolute atomic E-state index is 8.90. The molecular weight excluding hydrogens is 172 g/mol. The average molecular weight is 188 g/mol. The van der Waals surface area contributed by atoms with Gasteiger partial charge in [0, 0.05) is 6.42 Å². The Balaban J connectivity index is 2.21. The molecule has 1 aromatic rings. The Morgan fingerprint density at radius 1 is 1.29 bits per heavy atom. The number of hydrogen-bond donors (Lipinski definition) is 1. The number of rotatable bonds is 3. The SMILES string of the molecule is CC(O)C#CCCCc1ccccc1. The van der Waals surface area contributed by atoms with Crippen LogP contribution in [0.15, 0.2) is 30.3 Å². The molecule has 1 N–H and O–H groups in total. The molecule has 1 atom stereocenters. The molecule has 14 heavy (non-hydrogen) atoms. The van der Waals surface area contributed by atoms with Crippen molar-refractivity contribution >= 4 is 0 Å².